The normalized spacial score (nSPS) is 11.4. The van der Waals surface area contributed by atoms with E-state index in [1.54, 1.807) is 0 Å². The van der Waals surface area contributed by atoms with Gasteiger partial charge in [-0.2, -0.15) is 0 Å². The van der Waals surface area contributed by atoms with E-state index < -0.39 is 0 Å². The van der Waals surface area contributed by atoms with Crippen LogP contribution >= 0.6 is 0 Å². The molecule has 0 aliphatic carbocycles. The lowest BCUT2D eigenvalue weighted by atomic mass is 10.0. The number of rotatable bonds is 1. The Morgan fingerprint density at radius 1 is 0.640 bits per heavy atom. The Kier molecular flexibility index (Phi) is 3.04. The Labute approximate surface area is 145 Å². The molecular weight excluding hydrogens is 304 g/mol. The van der Waals surface area contributed by atoms with Crippen LogP contribution in [0.1, 0.15) is 5.56 Å². The van der Waals surface area contributed by atoms with E-state index >= 15 is 0 Å². The van der Waals surface area contributed by atoms with Crippen LogP contribution in [0.25, 0.3) is 44.0 Å². The maximum atomic E-state index is 4.97. The van der Waals surface area contributed by atoms with Crippen LogP contribution in [0.4, 0.5) is 0 Å². The van der Waals surface area contributed by atoms with Crippen molar-refractivity contribution in [2.75, 3.05) is 0 Å². The third-order valence-electron chi connectivity index (χ3n) is 4.70. The summed E-state index contributed by atoms with van der Waals surface area (Å²) in [6.07, 6.45) is 0. The van der Waals surface area contributed by atoms with Crippen LogP contribution < -0.4 is 0 Å². The van der Waals surface area contributed by atoms with E-state index in [1.165, 1.54) is 5.56 Å². The molecule has 0 saturated carbocycles. The monoisotopic (exact) mass is 320 g/mol. The summed E-state index contributed by atoms with van der Waals surface area (Å²) in [6, 6.07) is 27.3. The number of benzene rings is 3. The Morgan fingerprint density at radius 2 is 1.36 bits per heavy atom. The van der Waals surface area contributed by atoms with Crippen molar-refractivity contribution in [1.82, 2.24) is 9.97 Å². The van der Waals surface area contributed by atoms with Gasteiger partial charge in [0.25, 0.3) is 0 Å². The van der Waals surface area contributed by atoms with Crippen molar-refractivity contribution in [2.45, 2.75) is 6.92 Å². The van der Waals surface area contributed by atoms with Crippen molar-refractivity contribution in [3.63, 3.8) is 0 Å². The molecule has 0 atom stereocenters. The van der Waals surface area contributed by atoms with Crippen LogP contribution in [0.3, 0.4) is 0 Å². The van der Waals surface area contributed by atoms with Gasteiger partial charge >= 0.3 is 0 Å². The molecule has 2 heterocycles. The molecule has 0 unspecified atom stereocenters. The maximum absolute atomic E-state index is 4.97. The smallest absolute Gasteiger partial charge is 0.0825 e. The Bertz CT molecular complexity index is 1240. The second kappa shape index (κ2) is 5.38. The van der Waals surface area contributed by atoms with Gasteiger partial charge < -0.3 is 0 Å². The number of pyridine rings is 2. The molecule has 0 amide bonds. The summed E-state index contributed by atoms with van der Waals surface area (Å²) in [5, 5.41) is 3.33. The second-order valence-corrected chi connectivity index (χ2v) is 6.42. The quantitative estimate of drug-likeness (QED) is 0.283. The van der Waals surface area contributed by atoms with E-state index in [2.05, 4.69) is 67.6 Å². The predicted octanol–water partition coefficient (Wildman–Crippen LogP) is 5.91. The number of aryl methyl sites for hydroxylation is 1. The molecule has 0 saturated heterocycles. The molecular formula is C23H16N2. The van der Waals surface area contributed by atoms with Gasteiger partial charge in [-0.3, -0.25) is 0 Å². The molecule has 0 N–H and O–H groups in total. The molecule has 5 aromatic rings. The lowest BCUT2D eigenvalue weighted by Gasteiger charge is -2.11. The van der Waals surface area contributed by atoms with Gasteiger partial charge in [-0.15, -0.1) is 0 Å². The average molecular weight is 320 g/mol. The van der Waals surface area contributed by atoms with E-state index in [0.717, 1.165) is 44.0 Å². The summed E-state index contributed by atoms with van der Waals surface area (Å²) in [5.41, 5.74) is 6.37. The van der Waals surface area contributed by atoms with Crippen molar-refractivity contribution in [1.29, 1.82) is 0 Å². The zero-order valence-electron chi connectivity index (χ0n) is 13.9. The fourth-order valence-electron chi connectivity index (χ4n) is 3.39. The van der Waals surface area contributed by atoms with Gasteiger partial charge in [-0.05, 0) is 25.1 Å². The molecule has 2 nitrogen and oxygen atoms in total. The largest absolute Gasteiger partial charge is 0.247 e. The third kappa shape index (κ3) is 2.26. The van der Waals surface area contributed by atoms with Crippen LogP contribution in [0, 0.1) is 6.92 Å². The lowest BCUT2D eigenvalue weighted by Crippen LogP contribution is -1.92. The maximum Gasteiger partial charge on any atom is 0.0825 e. The molecule has 2 heteroatoms. The van der Waals surface area contributed by atoms with E-state index in [9.17, 15) is 0 Å². The zero-order valence-corrected chi connectivity index (χ0v) is 13.9. The summed E-state index contributed by atoms with van der Waals surface area (Å²) < 4.78 is 0. The molecule has 3 aromatic carbocycles. The highest BCUT2D eigenvalue weighted by Gasteiger charge is 2.12. The van der Waals surface area contributed by atoms with E-state index in [4.69, 9.17) is 9.97 Å². The van der Waals surface area contributed by atoms with Crippen molar-refractivity contribution in [3.05, 3.63) is 84.4 Å². The van der Waals surface area contributed by atoms with Crippen molar-refractivity contribution >= 4 is 32.7 Å². The fraction of sp³-hybridized carbons (Fsp3) is 0.0435. The first-order valence-corrected chi connectivity index (χ1v) is 8.45. The molecule has 0 aliphatic rings. The molecule has 2 aromatic heterocycles. The number of aromatic nitrogens is 2. The Hall–Kier alpha value is -3.26. The zero-order chi connectivity index (χ0) is 16.8. The topological polar surface area (TPSA) is 25.8 Å². The highest BCUT2D eigenvalue weighted by atomic mass is 14.8. The van der Waals surface area contributed by atoms with Gasteiger partial charge in [0.05, 0.1) is 22.2 Å². The Balaban J connectivity index is 1.97. The number of hydrogen-bond acceptors (Lipinski definition) is 2. The average Bonchev–Trinajstić information content (AvgIpc) is 2.67. The SMILES string of the molecule is Cc1ccc(-c2nc3ccccc3c3nc4ccccc4cc23)cc1. The second-order valence-electron chi connectivity index (χ2n) is 6.42. The van der Waals surface area contributed by atoms with Gasteiger partial charge in [0.15, 0.2) is 0 Å². The first-order valence-electron chi connectivity index (χ1n) is 8.45. The van der Waals surface area contributed by atoms with Crippen LogP contribution in [-0.4, -0.2) is 9.97 Å². The van der Waals surface area contributed by atoms with Gasteiger partial charge in [0.2, 0.25) is 0 Å². The number of fused-ring (bicyclic) bond motifs is 4. The first kappa shape index (κ1) is 14.1. The minimum Gasteiger partial charge on any atom is -0.247 e. The van der Waals surface area contributed by atoms with Crippen molar-refractivity contribution < 1.29 is 0 Å². The van der Waals surface area contributed by atoms with E-state index in [-0.39, 0.29) is 0 Å². The molecule has 118 valence electrons. The first-order chi connectivity index (χ1) is 12.3. The molecule has 0 bridgehead atoms. The summed E-state index contributed by atoms with van der Waals surface area (Å²) in [7, 11) is 0. The molecule has 0 fully saturated rings. The predicted molar refractivity (Wildman–Crippen MR) is 105 cm³/mol. The molecule has 5 rings (SSSR count). The summed E-state index contributed by atoms with van der Waals surface area (Å²) in [5.74, 6) is 0. The van der Waals surface area contributed by atoms with Gasteiger partial charge in [0, 0.05) is 21.7 Å². The van der Waals surface area contributed by atoms with Gasteiger partial charge in [0.1, 0.15) is 0 Å². The Morgan fingerprint density at radius 3 is 2.20 bits per heavy atom. The van der Waals surface area contributed by atoms with Gasteiger partial charge in [-0.1, -0.05) is 66.2 Å². The summed E-state index contributed by atoms with van der Waals surface area (Å²) >= 11 is 0. The number of para-hydroxylation sites is 2. The summed E-state index contributed by atoms with van der Waals surface area (Å²) in [6.45, 7) is 2.10. The molecule has 0 aliphatic heterocycles. The van der Waals surface area contributed by atoms with E-state index in [1.807, 2.05) is 18.2 Å². The van der Waals surface area contributed by atoms with E-state index in [0.29, 0.717) is 0 Å². The summed E-state index contributed by atoms with van der Waals surface area (Å²) in [4.78, 5) is 9.94. The van der Waals surface area contributed by atoms with Crippen molar-refractivity contribution in [3.8, 4) is 11.3 Å². The van der Waals surface area contributed by atoms with Crippen LogP contribution in [-0.2, 0) is 0 Å². The van der Waals surface area contributed by atoms with Crippen LogP contribution in [0.15, 0.2) is 78.9 Å². The molecule has 25 heavy (non-hydrogen) atoms. The highest BCUT2D eigenvalue weighted by molar-refractivity contribution is 6.11. The molecule has 0 radical (unpaired) electrons. The highest BCUT2D eigenvalue weighted by Crippen LogP contribution is 2.33. The van der Waals surface area contributed by atoms with Crippen LogP contribution in [0.2, 0.25) is 0 Å². The third-order valence-corrected chi connectivity index (χ3v) is 4.70. The fourth-order valence-corrected chi connectivity index (χ4v) is 3.39. The van der Waals surface area contributed by atoms with Gasteiger partial charge in [-0.25, -0.2) is 9.97 Å². The number of nitrogens with zero attached hydrogens (tertiary/aromatic N) is 2. The lowest BCUT2D eigenvalue weighted by molar-refractivity contribution is 1.39. The number of hydrogen-bond donors (Lipinski definition) is 0. The van der Waals surface area contributed by atoms with Crippen LogP contribution in [0.5, 0.6) is 0 Å². The van der Waals surface area contributed by atoms with Crippen molar-refractivity contribution in [2.24, 2.45) is 0 Å². The minimum atomic E-state index is 0.980. The molecule has 0 spiro atoms. The standard InChI is InChI=1S/C23H16N2/c1-15-10-12-16(13-11-15)22-19-14-17-6-2-4-8-20(17)24-23(19)18-7-3-5-9-21(18)25-22/h2-14H,1H3. The minimum absolute atomic E-state index is 0.980.